The Balaban J connectivity index is 2.06. The van der Waals surface area contributed by atoms with Gasteiger partial charge in [-0.3, -0.25) is 0 Å². The summed E-state index contributed by atoms with van der Waals surface area (Å²) in [4.78, 5) is 0. The molecule has 3 heteroatoms. The maximum absolute atomic E-state index is 13.5. The molecule has 2 rings (SSSR count). The van der Waals surface area contributed by atoms with Crippen molar-refractivity contribution in [3.63, 3.8) is 0 Å². The van der Waals surface area contributed by atoms with Crippen molar-refractivity contribution in [3.8, 4) is 17.6 Å². The SMILES string of the molecule is CCc1ccc(COc2cc(F)cc(C#CCCl)c2)cc1. The summed E-state index contributed by atoms with van der Waals surface area (Å²) in [6, 6.07) is 12.6. The van der Waals surface area contributed by atoms with Gasteiger partial charge in [0.1, 0.15) is 18.2 Å². The van der Waals surface area contributed by atoms with Gasteiger partial charge in [-0.2, -0.15) is 0 Å². The minimum atomic E-state index is -0.368. The molecule has 0 atom stereocenters. The highest BCUT2D eigenvalue weighted by molar-refractivity contribution is 6.19. The average Bonchev–Trinajstić information content (AvgIpc) is 2.51. The number of rotatable bonds is 4. The quantitative estimate of drug-likeness (QED) is 0.594. The summed E-state index contributed by atoms with van der Waals surface area (Å²) in [6.45, 7) is 2.51. The molecule has 0 aromatic heterocycles. The summed E-state index contributed by atoms with van der Waals surface area (Å²) in [7, 11) is 0. The van der Waals surface area contributed by atoms with E-state index in [1.54, 1.807) is 6.07 Å². The van der Waals surface area contributed by atoms with Crippen LogP contribution in [-0.2, 0) is 13.0 Å². The highest BCUT2D eigenvalue weighted by Crippen LogP contribution is 2.17. The molecule has 0 unspecified atom stereocenters. The topological polar surface area (TPSA) is 9.23 Å². The molecule has 0 radical (unpaired) electrons. The lowest BCUT2D eigenvalue weighted by Gasteiger charge is -2.07. The Morgan fingerprint density at radius 3 is 2.48 bits per heavy atom. The van der Waals surface area contributed by atoms with Crippen molar-refractivity contribution in [1.29, 1.82) is 0 Å². The molecule has 21 heavy (non-hydrogen) atoms. The lowest BCUT2D eigenvalue weighted by molar-refractivity contribution is 0.304. The van der Waals surface area contributed by atoms with Crippen LogP contribution in [-0.4, -0.2) is 5.88 Å². The molecule has 0 saturated carbocycles. The second-order valence-electron chi connectivity index (χ2n) is 4.57. The van der Waals surface area contributed by atoms with Gasteiger partial charge in [-0.25, -0.2) is 4.39 Å². The van der Waals surface area contributed by atoms with Crippen molar-refractivity contribution in [2.75, 3.05) is 5.88 Å². The minimum Gasteiger partial charge on any atom is -0.489 e. The standard InChI is InChI=1S/C18H16ClFO/c1-2-14-5-7-15(8-6-14)13-21-18-11-16(4-3-9-19)10-17(20)12-18/h5-8,10-12H,2,9,13H2,1H3. The van der Waals surface area contributed by atoms with Crippen molar-refractivity contribution >= 4 is 11.6 Å². The molecule has 0 aliphatic carbocycles. The number of hydrogen-bond donors (Lipinski definition) is 0. The molecule has 0 saturated heterocycles. The molecule has 0 amide bonds. The van der Waals surface area contributed by atoms with Crippen LogP contribution in [0.15, 0.2) is 42.5 Å². The zero-order valence-electron chi connectivity index (χ0n) is 11.8. The van der Waals surface area contributed by atoms with Crippen LogP contribution in [0.4, 0.5) is 4.39 Å². The van der Waals surface area contributed by atoms with E-state index in [1.807, 2.05) is 12.1 Å². The van der Waals surface area contributed by atoms with Gasteiger partial charge < -0.3 is 4.74 Å². The molecule has 0 aliphatic rings. The van der Waals surface area contributed by atoms with Gasteiger partial charge in [0.25, 0.3) is 0 Å². The van der Waals surface area contributed by atoms with Crippen LogP contribution in [0.25, 0.3) is 0 Å². The fourth-order valence-electron chi connectivity index (χ4n) is 1.89. The molecular formula is C18H16ClFO. The first-order chi connectivity index (χ1) is 10.2. The summed E-state index contributed by atoms with van der Waals surface area (Å²) in [6.07, 6.45) is 1.01. The Morgan fingerprint density at radius 2 is 1.81 bits per heavy atom. The summed E-state index contributed by atoms with van der Waals surface area (Å²) in [5, 5.41) is 0. The number of ether oxygens (including phenoxy) is 1. The fraction of sp³-hybridized carbons (Fsp3) is 0.222. The summed E-state index contributed by atoms with van der Waals surface area (Å²) >= 11 is 5.50. The Kier molecular flexibility index (Phi) is 5.66. The Labute approximate surface area is 129 Å². The van der Waals surface area contributed by atoms with Crippen LogP contribution < -0.4 is 4.74 Å². The van der Waals surface area contributed by atoms with E-state index in [-0.39, 0.29) is 11.7 Å². The van der Waals surface area contributed by atoms with Crippen molar-refractivity contribution in [2.45, 2.75) is 20.0 Å². The monoisotopic (exact) mass is 302 g/mol. The van der Waals surface area contributed by atoms with Gasteiger partial charge in [0.2, 0.25) is 0 Å². The first kappa shape index (κ1) is 15.4. The zero-order valence-corrected chi connectivity index (χ0v) is 12.6. The van der Waals surface area contributed by atoms with E-state index in [2.05, 4.69) is 30.9 Å². The van der Waals surface area contributed by atoms with Gasteiger partial charge in [0, 0.05) is 11.6 Å². The molecule has 0 bridgehead atoms. The van der Waals surface area contributed by atoms with E-state index < -0.39 is 0 Å². The molecule has 0 fully saturated rings. The van der Waals surface area contributed by atoms with Crippen molar-refractivity contribution in [2.24, 2.45) is 0 Å². The molecule has 1 nitrogen and oxygen atoms in total. The van der Waals surface area contributed by atoms with E-state index in [4.69, 9.17) is 16.3 Å². The number of halogens is 2. The molecule has 0 N–H and O–H groups in total. The number of benzene rings is 2. The van der Waals surface area contributed by atoms with E-state index in [1.165, 1.54) is 17.7 Å². The molecule has 0 spiro atoms. The van der Waals surface area contributed by atoms with Gasteiger partial charge in [-0.1, -0.05) is 43.0 Å². The van der Waals surface area contributed by atoms with Crippen molar-refractivity contribution < 1.29 is 9.13 Å². The first-order valence-electron chi connectivity index (χ1n) is 6.77. The van der Waals surface area contributed by atoms with Crippen LogP contribution >= 0.6 is 11.6 Å². The van der Waals surface area contributed by atoms with Gasteiger partial charge >= 0.3 is 0 Å². The lowest BCUT2D eigenvalue weighted by Crippen LogP contribution is -1.96. The largest absolute Gasteiger partial charge is 0.489 e. The third-order valence-corrected chi connectivity index (χ3v) is 3.14. The summed E-state index contributed by atoms with van der Waals surface area (Å²) < 4.78 is 19.1. The van der Waals surface area contributed by atoms with Crippen LogP contribution in [0.3, 0.4) is 0 Å². The Hall–Kier alpha value is -1.98. The van der Waals surface area contributed by atoms with Gasteiger partial charge in [0.05, 0.1) is 5.88 Å². The average molecular weight is 303 g/mol. The Bertz CT molecular complexity index is 653. The Morgan fingerprint density at radius 1 is 1.10 bits per heavy atom. The van der Waals surface area contributed by atoms with E-state index >= 15 is 0 Å². The van der Waals surface area contributed by atoms with E-state index in [0.29, 0.717) is 17.9 Å². The molecule has 2 aromatic carbocycles. The van der Waals surface area contributed by atoms with E-state index in [9.17, 15) is 4.39 Å². The smallest absolute Gasteiger partial charge is 0.128 e. The van der Waals surface area contributed by atoms with Gasteiger partial charge in [-0.05, 0) is 29.7 Å². The highest BCUT2D eigenvalue weighted by Gasteiger charge is 2.01. The van der Waals surface area contributed by atoms with Crippen molar-refractivity contribution in [1.82, 2.24) is 0 Å². The maximum atomic E-state index is 13.5. The maximum Gasteiger partial charge on any atom is 0.128 e. The molecular weight excluding hydrogens is 287 g/mol. The summed E-state index contributed by atoms with van der Waals surface area (Å²) in [5.41, 5.74) is 2.89. The lowest BCUT2D eigenvalue weighted by atomic mass is 10.1. The van der Waals surface area contributed by atoms with Crippen LogP contribution in [0.5, 0.6) is 5.75 Å². The number of aryl methyl sites for hydroxylation is 1. The fourth-order valence-corrected chi connectivity index (χ4v) is 1.96. The second kappa shape index (κ2) is 7.71. The molecule has 108 valence electrons. The zero-order chi connectivity index (χ0) is 15.1. The molecule has 0 aliphatic heterocycles. The van der Waals surface area contributed by atoms with Gasteiger partial charge in [0.15, 0.2) is 0 Å². The third kappa shape index (κ3) is 4.81. The predicted molar refractivity (Wildman–Crippen MR) is 84.2 cm³/mol. The predicted octanol–water partition coefficient (Wildman–Crippen LogP) is 4.56. The van der Waals surface area contributed by atoms with Crippen LogP contribution in [0, 0.1) is 17.7 Å². The van der Waals surface area contributed by atoms with E-state index in [0.717, 1.165) is 12.0 Å². The van der Waals surface area contributed by atoms with Crippen LogP contribution in [0.2, 0.25) is 0 Å². The molecule has 2 aromatic rings. The first-order valence-corrected chi connectivity index (χ1v) is 7.30. The van der Waals surface area contributed by atoms with Crippen molar-refractivity contribution in [3.05, 3.63) is 65.0 Å². The minimum absolute atomic E-state index is 0.219. The summed E-state index contributed by atoms with van der Waals surface area (Å²) in [5.74, 6) is 5.80. The highest BCUT2D eigenvalue weighted by atomic mass is 35.5. The number of alkyl halides is 1. The number of hydrogen-bond acceptors (Lipinski definition) is 1. The normalized spacial score (nSPS) is 9.86. The van der Waals surface area contributed by atoms with Gasteiger partial charge in [-0.15, -0.1) is 11.6 Å². The van der Waals surface area contributed by atoms with Crippen LogP contribution in [0.1, 0.15) is 23.6 Å². The molecule has 0 heterocycles. The third-order valence-electron chi connectivity index (χ3n) is 3.01. The second-order valence-corrected chi connectivity index (χ2v) is 4.84.